The zero-order chi connectivity index (χ0) is 15.2. The molecule has 0 bridgehead atoms. The number of hydrogen-bond donors (Lipinski definition) is 2. The van der Waals surface area contributed by atoms with Crippen molar-refractivity contribution in [2.75, 3.05) is 5.32 Å². The normalized spacial score (nSPS) is 10.5. The van der Waals surface area contributed by atoms with Crippen molar-refractivity contribution in [1.29, 1.82) is 0 Å². The van der Waals surface area contributed by atoms with Crippen molar-refractivity contribution in [3.05, 3.63) is 64.4 Å². The van der Waals surface area contributed by atoms with Crippen molar-refractivity contribution < 1.29 is 14.7 Å². The van der Waals surface area contributed by atoms with E-state index in [0.29, 0.717) is 5.69 Å². The number of aromatic nitrogens is 1. The smallest absolute Gasteiger partial charge is 0.337 e. The number of benzene rings is 1. The van der Waals surface area contributed by atoms with Crippen molar-refractivity contribution in [2.45, 2.75) is 0 Å². The summed E-state index contributed by atoms with van der Waals surface area (Å²) in [6.07, 6.45) is 5.64. The number of nitrogens with one attached hydrogen (secondary N) is 1. The zero-order valence-electron chi connectivity index (χ0n) is 10.8. The van der Waals surface area contributed by atoms with E-state index in [-0.39, 0.29) is 11.5 Å². The van der Waals surface area contributed by atoms with E-state index in [9.17, 15) is 9.59 Å². The number of anilines is 1. The number of hydrogen-bond acceptors (Lipinski definition) is 3. The van der Waals surface area contributed by atoms with Crippen molar-refractivity contribution in [2.24, 2.45) is 0 Å². The van der Waals surface area contributed by atoms with E-state index in [4.69, 9.17) is 5.11 Å². The van der Waals surface area contributed by atoms with Crippen LogP contribution in [-0.4, -0.2) is 22.0 Å². The molecule has 2 N–H and O–H groups in total. The largest absolute Gasteiger partial charge is 0.478 e. The molecular weight excluding hydrogens is 336 g/mol. The Morgan fingerprint density at radius 3 is 2.57 bits per heavy atom. The number of carbonyl (C=O) groups is 2. The average molecular weight is 347 g/mol. The number of amides is 1. The fraction of sp³-hybridized carbons (Fsp3) is 0. The Balaban J connectivity index is 2.03. The molecule has 0 unspecified atom stereocenters. The lowest BCUT2D eigenvalue weighted by Crippen LogP contribution is -2.09. The van der Waals surface area contributed by atoms with Gasteiger partial charge in [0.2, 0.25) is 5.91 Å². The maximum atomic E-state index is 11.8. The molecule has 106 valence electrons. The molecule has 2 aromatic rings. The quantitative estimate of drug-likeness (QED) is 0.833. The Morgan fingerprint density at radius 1 is 1.19 bits per heavy atom. The molecule has 0 saturated carbocycles. The summed E-state index contributed by atoms with van der Waals surface area (Å²) in [5.74, 6) is -1.45. The lowest BCUT2D eigenvalue weighted by atomic mass is 10.2. The summed E-state index contributed by atoms with van der Waals surface area (Å²) >= 11 is 3.33. The second-order valence-corrected chi connectivity index (χ2v) is 5.06. The Bertz CT molecular complexity index is 696. The summed E-state index contributed by atoms with van der Waals surface area (Å²) in [7, 11) is 0. The Kier molecular flexibility index (Phi) is 4.84. The summed E-state index contributed by atoms with van der Waals surface area (Å²) in [6.45, 7) is 0. The number of halogens is 1. The number of carboxylic acid groups (broad SMARTS) is 1. The number of rotatable bonds is 4. The van der Waals surface area contributed by atoms with Crippen LogP contribution in [0.1, 0.15) is 15.9 Å². The highest BCUT2D eigenvalue weighted by atomic mass is 79.9. The van der Waals surface area contributed by atoms with Crippen LogP contribution < -0.4 is 5.32 Å². The molecule has 0 saturated heterocycles. The maximum absolute atomic E-state index is 11.8. The summed E-state index contributed by atoms with van der Waals surface area (Å²) in [4.78, 5) is 26.3. The van der Waals surface area contributed by atoms with Crippen molar-refractivity contribution in [3.8, 4) is 0 Å². The second kappa shape index (κ2) is 6.81. The predicted octanol–water partition coefficient (Wildman–Crippen LogP) is 3.19. The fourth-order valence-corrected chi connectivity index (χ4v) is 1.82. The summed E-state index contributed by atoms with van der Waals surface area (Å²) < 4.78 is 0.959. The molecule has 1 heterocycles. The van der Waals surface area contributed by atoms with E-state index in [1.54, 1.807) is 6.08 Å². The highest BCUT2D eigenvalue weighted by Crippen LogP contribution is 2.12. The van der Waals surface area contributed by atoms with Gasteiger partial charge in [0.1, 0.15) is 0 Å². The topological polar surface area (TPSA) is 79.3 Å². The molecule has 2 rings (SSSR count). The first-order valence-electron chi connectivity index (χ1n) is 5.97. The molecule has 0 aliphatic carbocycles. The number of carboxylic acids is 1. The van der Waals surface area contributed by atoms with Crippen molar-refractivity contribution >= 4 is 39.6 Å². The third-order valence-electron chi connectivity index (χ3n) is 2.55. The van der Waals surface area contributed by atoms with Gasteiger partial charge in [-0.2, -0.15) is 0 Å². The van der Waals surface area contributed by atoms with Crippen LogP contribution in [0.4, 0.5) is 5.69 Å². The van der Waals surface area contributed by atoms with Crippen LogP contribution in [0.2, 0.25) is 0 Å². The molecule has 1 amide bonds. The van der Waals surface area contributed by atoms with Gasteiger partial charge in [-0.15, -0.1) is 0 Å². The summed E-state index contributed by atoms with van der Waals surface area (Å²) in [5, 5.41) is 11.4. The molecule has 0 aliphatic rings. The van der Waals surface area contributed by atoms with Crippen LogP contribution in [-0.2, 0) is 4.79 Å². The van der Waals surface area contributed by atoms with E-state index in [1.807, 2.05) is 24.3 Å². The molecule has 1 aromatic carbocycles. The van der Waals surface area contributed by atoms with Gasteiger partial charge in [0.05, 0.1) is 17.4 Å². The number of nitrogens with zero attached hydrogens (tertiary/aromatic N) is 1. The minimum absolute atomic E-state index is 0.0182. The maximum Gasteiger partial charge on any atom is 0.337 e. The molecular formula is C15H11BrN2O3. The van der Waals surface area contributed by atoms with Crippen molar-refractivity contribution in [1.82, 2.24) is 4.98 Å². The molecule has 6 heteroatoms. The van der Waals surface area contributed by atoms with Crippen LogP contribution in [0.15, 0.2) is 53.3 Å². The minimum Gasteiger partial charge on any atom is -0.478 e. The van der Waals surface area contributed by atoms with Gasteiger partial charge in [-0.05, 0) is 29.8 Å². The lowest BCUT2D eigenvalue weighted by molar-refractivity contribution is -0.111. The highest BCUT2D eigenvalue weighted by molar-refractivity contribution is 9.10. The van der Waals surface area contributed by atoms with E-state index >= 15 is 0 Å². The summed E-state index contributed by atoms with van der Waals surface area (Å²) in [5.41, 5.74) is 1.23. The number of carbonyl (C=O) groups excluding carboxylic acids is 1. The molecule has 0 fully saturated rings. The van der Waals surface area contributed by atoms with Gasteiger partial charge in [-0.1, -0.05) is 28.1 Å². The predicted molar refractivity (Wildman–Crippen MR) is 83.0 cm³/mol. The van der Waals surface area contributed by atoms with Gasteiger partial charge in [0, 0.05) is 16.7 Å². The van der Waals surface area contributed by atoms with E-state index in [1.165, 1.54) is 24.5 Å². The Labute approximate surface area is 129 Å². The monoisotopic (exact) mass is 346 g/mol. The van der Waals surface area contributed by atoms with E-state index in [2.05, 4.69) is 26.2 Å². The van der Waals surface area contributed by atoms with Crippen LogP contribution in [0, 0.1) is 0 Å². The first kappa shape index (κ1) is 14.9. The third-order valence-corrected chi connectivity index (χ3v) is 3.08. The average Bonchev–Trinajstić information content (AvgIpc) is 2.47. The molecule has 1 aromatic heterocycles. The minimum atomic E-state index is -1.09. The van der Waals surface area contributed by atoms with Gasteiger partial charge in [0.25, 0.3) is 0 Å². The number of pyridine rings is 1. The van der Waals surface area contributed by atoms with E-state index < -0.39 is 5.97 Å². The van der Waals surface area contributed by atoms with Gasteiger partial charge in [-0.3, -0.25) is 9.78 Å². The second-order valence-electron chi connectivity index (χ2n) is 4.14. The standard InChI is InChI=1S/C15H11BrN2O3/c16-12-4-1-10(2-5-12)3-6-14(19)18-13-7-11(15(20)21)8-17-9-13/h1-9H,(H,18,19)(H,20,21). The van der Waals surface area contributed by atoms with Gasteiger partial charge in [-0.25, -0.2) is 4.79 Å². The molecule has 21 heavy (non-hydrogen) atoms. The van der Waals surface area contributed by atoms with Crippen LogP contribution in [0.3, 0.4) is 0 Å². The highest BCUT2D eigenvalue weighted by Gasteiger charge is 2.05. The van der Waals surface area contributed by atoms with E-state index in [0.717, 1.165) is 10.0 Å². The van der Waals surface area contributed by atoms with Gasteiger partial charge < -0.3 is 10.4 Å². The number of aromatic carboxylic acids is 1. The van der Waals surface area contributed by atoms with Crippen LogP contribution in [0.5, 0.6) is 0 Å². The Hall–Kier alpha value is -2.47. The summed E-state index contributed by atoms with van der Waals surface area (Å²) in [6, 6.07) is 8.82. The zero-order valence-corrected chi connectivity index (χ0v) is 12.4. The van der Waals surface area contributed by atoms with Crippen molar-refractivity contribution in [3.63, 3.8) is 0 Å². The lowest BCUT2D eigenvalue weighted by Gasteiger charge is -2.02. The first-order chi connectivity index (χ1) is 10.0. The molecule has 0 aliphatic heterocycles. The fourth-order valence-electron chi connectivity index (χ4n) is 1.55. The molecule has 5 nitrogen and oxygen atoms in total. The van der Waals surface area contributed by atoms with Gasteiger partial charge >= 0.3 is 5.97 Å². The SMILES string of the molecule is O=C(C=Cc1ccc(Br)cc1)Nc1cncc(C(=O)O)c1. The van der Waals surface area contributed by atoms with Gasteiger partial charge in [0.15, 0.2) is 0 Å². The third kappa shape index (κ3) is 4.54. The Morgan fingerprint density at radius 2 is 1.90 bits per heavy atom. The molecule has 0 atom stereocenters. The van der Waals surface area contributed by atoms with Crippen LogP contribution in [0.25, 0.3) is 6.08 Å². The van der Waals surface area contributed by atoms with Crippen LogP contribution >= 0.6 is 15.9 Å². The molecule has 0 radical (unpaired) electrons. The molecule has 0 spiro atoms. The first-order valence-corrected chi connectivity index (χ1v) is 6.77.